The minimum atomic E-state index is 0.135. The maximum Gasteiger partial charge on any atom is 0.0782 e. The van der Waals surface area contributed by atoms with E-state index in [2.05, 4.69) is 18.2 Å². The summed E-state index contributed by atoms with van der Waals surface area (Å²) < 4.78 is 0. The molecule has 3 heteroatoms. The third kappa shape index (κ3) is 4.61. The van der Waals surface area contributed by atoms with Crippen molar-refractivity contribution in [3.8, 4) is 12.3 Å². The van der Waals surface area contributed by atoms with Gasteiger partial charge in [0.15, 0.2) is 0 Å². The summed E-state index contributed by atoms with van der Waals surface area (Å²) in [6.07, 6.45) is 5.40. The fourth-order valence-corrected chi connectivity index (χ4v) is 2.15. The second kappa shape index (κ2) is 6.79. The molecule has 1 nitrogen and oxygen atoms in total. The van der Waals surface area contributed by atoms with Gasteiger partial charge in [-0.2, -0.15) is 0 Å². The number of nitrogens with one attached hydrogen (secondary N) is 1. The maximum atomic E-state index is 5.80. The molecule has 0 fully saturated rings. The summed E-state index contributed by atoms with van der Waals surface area (Å²) >= 11 is 7.54. The Hall–Kier alpha value is -0.620. The van der Waals surface area contributed by atoms with Crippen LogP contribution in [0, 0.1) is 12.3 Å². The van der Waals surface area contributed by atoms with Gasteiger partial charge in [-0.15, -0.1) is 18.2 Å². The largest absolute Gasteiger partial charge is 0.303 e. The van der Waals surface area contributed by atoms with Gasteiger partial charge in [0.05, 0.1) is 6.04 Å². The summed E-state index contributed by atoms with van der Waals surface area (Å²) in [5.74, 6) is 3.61. The van der Waals surface area contributed by atoms with Gasteiger partial charge in [-0.05, 0) is 30.8 Å². The van der Waals surface area contributed by atoms with E-state index in [4.69, 9.17) is 18.0 Å². The van der Waals surface area contributed by atoms with Crippen molar-refractivity contribution in [3.05, 3.63) is 29.3 Å². The van der Waals surface area contributed by atoms with Gasteiger partial charge in [0.2, 0.25) is 0 Å². The summed E-state index contributed by atoms with van der Waals surface area (Å²) in [7, 11) is 0. The highest BCUT2D eigenvalue weighted by Crippen LogP contribution is 2.20. The Morgan fingerprint density at radius 3 is 2.67 bits per heavy atom. The van der Waals surface area contributed by atoms with Gasteiger partial charge in [0, 0.05) is 15.7 Å². The van der Waals surface area contributed by atoms with Gasteiger partial charge in [-0.3, -0.25) is 0 Å². The first-order valence-corrected chi connectivity index (χ1v) is 6.20. The molecular formula is C12H14ClNS. The first-order chi connectivity index (χ1) is 7.26. The van der Waals surface area contributed by atoms with Crippen LogP contribution in [0.4, 0.5) is 0 Å². The van der Waals surface area contributed by atoms with Gasteiger partial charge in [0.1, 0.15) is 0 Å². The quantitative estimate of drug-likeness (QED) is 0.626. The van der Waals surface area contributed by atoms with E-state index in [1.165, 1.54) is 4.90 Å². The van der Waals surface area contributed by atoms with Crippen molar-refractivity contribution in [2.24, 2.45) is 0 Å². The number of terminal acetylenes is 1. The SMILES string of the molecule is C#CC(CSc1ccc(Cl)cc1)NCC. The Labute approximate surface area is 101 Å². The molecule has 0 spiro atoms. The molecule has 80 valence electrons. The van der Waals surface area contributed by atoms with Crippen LogP contribution in [0.1, 0.15) is 6.92 Å². The molecule has 0 aliphatic heterocycles. The Morgan fingerprint density at radius 1 is 1.47 bits per heavy atom. The molecule has 0 amide bonds. The Morgan fingerprint density at radius 2 is 2.13 bits per heavy atom. The molecule has 0 aliphatic carbocycles. The lowest BCUT2D eigenvalue weighted by molar-refractivity contribution is 0.684. The Bertz CT molecular complexity index is 328. The van der Waals surface area contributed by atoms with Gasteiger partial charge in [-0.25, -0.2) is 0 Å². The molecule has 1 rings (SSSR count). The predicted molar refractivity (Wildman–Crippen MR) is 68.5 cm³/mol. The second-order valence-corrected chi connectivity index (χ2v) is 4.57. The minimum absolute atomic E-state index is 0.135. The Kier molecular flexibility index (Phi) is 5.63. The highest BCUT2D eigenvalue weighted by atomic mass is 35.5. The van der Waals surface area contributed by atoms with E-state index in [1.807, 2.05) is 24.3 Å². The summed E-state index contributed by atoms with van der Waals surface area (Å²) in [4.78, 5) is 1.19. The molecule has 0 aromatic heterocycles. The van der Waals surface area contributed by atoms with Gasteiger partial charge < -0.3 is 5.32 Å². The van der Waals surface area contributed by atoms with Crippen molar-refractivity contribution in [2.75, 3.05) is 12.3 Å². The third-order valence-corrected chi connectivity index (χ3v) is 3.24. The molecule has 1 atom stereocenters. The van der Waals surface area contributed by atoms with Crippen LogP contribution in [0.2, 0.25) is 5.02 Å². The van der Waals surface area contributed by atoms with Crippen LogP contribution in [0.15, 0.2) is 29.2 Å². The molecule has 0 saturated carbocycles. The number of rotatable bonds is 5. The zero-order chi connectivity index (χ0) is 11.1. The van der Waals surface area contributed by atoms with Crippen LogP contribution in [-0.2, 0) is 0 Å². The molecular weight excluding hydrogens is 226 g/mol. The number of hydrogen-bond acceptors (Lipinski definition) is 2. The van der Waals surface area contributed by atoms with Crippen LogP contribution in [0.5, 0.6) is 0 Å². The summed E-state index contributed by atoms with van der Waals surface area (Å²) in [5, 5.41) is 3.99. The molecule has 1 unspecified atom stereocenters. The summed E-state index contributed by atoms with van der Waals surface area (Å²) in [6.45, 7) is 2.95. The average molecular weight is 240 g/mol. The molecule has 1 aromatic carbocycles. The molecule has 0 saturated heterocycles. The molecule has 0 heterocycles. The van der Waals surface area contributed by atoms with Crippen molar-refractivity contribution in [1.29, 1.82) is 0 Å². The summed E-state index contributed by atoms with van der Waals surface area (Å²) in [5.41, 5.74) is 0. The lowest BCUT2D eigenvalue weighted by atomic mass is 10.3. The van der Waals surface area contributed by atoms with Crippen LogP contribution in [0.25, 0.3) is 0 Å². The molecule has 15 heavy (non-hydrogen) atoms. The van der Waals surface area contributed by atoms with Crippen molar-refractivity contribution in [3.63, 3.8) is 0 Å². The number of halogens is 1. The van der Waals surface area contributed by atoms with E-state index in [0.717, 1.165) is 17.3 Å². The van der Waals surface area contributed by atoms with E-state index in [9.17, 15) is 0 Å². The minimum Gasteiger partial charge on any atom is -0.303 e. The molecule has 1 aromatic rings. The second-order valence-electron chi connectivity index (χ2n) is 3.04. The highest BCUT2D eigenvalue weighted by Gasteiger charge is 2.03. The predicted octanol–water partition coefficient (Wildman–Crippen LogP) is 3.04. The standard InChI is InChI=1S/C12H14ClNS/c1-3-11(14-4-2)9-15-12-7-5-10(13)6-8-12/h1,5-8,11,14H,4,9H2,2H3. The van der Waals surface area contributed by atoms with Crippen LogP contribution in [-0.4, -0.2) is 18.3 Å². The average Bonchev–Trinajstić information content (AvgIpc) is 2.26. The first-order valence-electron chi connectivity index (χ1n) is 4.84. The van der Waals surface area contributed by atoms with Crippen LogP contribution >= 0.6 is 23.4 Å². The fourth-order valence-electron chi connectivity index (χ4n) is 1.12. The van der Waals surface area contributed by atoms with Crippen molar-refractivity contribution in [1.82, 2.24) is 5.32 Å². The highest BCUT2D eigenvalue weighted by molar-refractivity contribution is 7.99. The van der Waals surface area contributed by atoms with E-state index in [0.29, 0.717) is 0 Å². The van der Waals surface area contributed by atoms with Crippen LogP contribution < -0.4 is 5.32 Å². The van der Waals surface area contributed by atoms with E-state index in [1.54, 1.807) is 11.8 Å². The lowest BCUT2D eigenvalue weighted by Gasteiger charge is -2.10. The summed E-state index contributed by atoms with van der Waals surface area (Å²) in [6, 6.07) is 7.93. The molecule has 0 aliphatic rings. The van der Waals surface area contributed by atoms with Gasteiger partial charge in [-0.1, -0.05) is 24.4 Å². The smallest absolute Gasteiger partial charge is 0.0782 e. The van der Waals surface area contributed by atoms with Crippen LogP contribution in [0.3, 0.4) is 0 Å². The van der Waals surface area contributed by atoms with E-state index >= 15 is 0 Å². The first kappa shape index (κ1) is 12.4. The number of hydrogen-bond donors (Lipinski definition) is 1. The zero-order valence-corrected chi connectivity index (χ0v) is 10.2. The molecule has 1 N–H and O–H groups in total. The molecule has 0 radical (unpaired) electrons. The van der Waals surface area contributed by atoms with Gasteiger partial charge >= 0.3 is 0 Å². The number of thioether (sulfide) groups is 1. The lowest BCUT2D eigenvalue weighted by Crippen LogP contribution is -2.29. The van der Waals surface area contributed by atoms with E-state index in [-0.39, 0.29) is 6.04 Å². The van der Waals surface area contributed by atoms with Crippen molar-refractivity contribution >= 4 is 23.4 Å². The fraction of sp³-hybridized carbons (Fsp3) is 0.333. The van der Waals surface area contributed by atoms with Gasteiger partial charge in [0.25, 0.3) is 0 Å². The third-order valence-electron chi connectivity index (χ3n) is 1.88. The monoisotopic (exact) mass is 239 g/mol. The molecule has 0 bridgehead atoms. The van der Waals surface area contributed by atoms with E-state index < -0.39 is 0 Å². The van der Waals surface area contributed by atoms with Crippen molar-refractivity contribution in [2.45, 2.75) is 17.9 Å². The Balaban J connectivity index is 2.42. The normalized spacial score (nSPS) is 12.1. The zero-order valence-electron chi connectivity index (χ0n) is 8.66. The van der Waals surface area contributed by atoms with Crippen molar-refractivity contribution < 1.29 is 0 Å². The number of benzene rings is 1. The maximum absolute atomic E-state index is 5.80. The topological polar surface area (TPSA) is 12.0 Å².